The number of carbonyl (C=O) groups is 1. The number of rotatable bonds is 4. The fourth-order valence-corrected chi connectivity index (χ4v) is 3.01. The highest BCUT2D eigenvalue weighted by atomic mass is 16.4. The maximum atomic E-state index is 11.1. The summed E-state index contributed by atoms with van der Waals surface area (Å²) in [6, 6.07) is 12.8. The first-order valence-electron chi connectivity index (χ1n) is 8.53. The van der Waals surface area contributed by atoms with Gasteiger partial charge in [0.05, 0.1) is 11.8 Å². The van der Waals surface area contributed by atoms with Gasteiger partial charge in [-0.25, -0.2) is 9.78 Å². The van der Waals surface area contributed by atoms with E-state index in [0.29, 0.717) is 5.65 Å². The molecule has 4 aromatic rings. The topological polar surface area (TPSA) is 79.5 Å². The Bertz CT molecular complexity index is 1150. The van der Waals surface area contributed by atoms with E-state index in [1.807, 2.05) is 22.7 Å². The molecule has 0 amide bonds. The van der Waals surface area contributed by atoms with Gasteiger partial charge in [0.25, 0.3) is 0 Å². The van der Waals surface area contributed by atoms with Crippen LogP contribution < -0.4 is 5.32 Å². The van der Waals surface area contributed by atoms with Crippen molar-refractivity contribution in [3.05, 3.63) is 77.7 Å². The zero-order valence-corrected chi connectivity index (χ0v) is 15.0. The van der Waals surface area contributed by atoms with Gasteiger partial charge >= 0.3 is 5.97 Å². The molecule has 4 rings (SSSR count). The van der Waals surface area contributed by atoms with E-state index in [0.717, 1.165) is 28.3 Å². The Morgan fingerprint density at radius 1 is 1.11 bits per heavy atom. The molecule has 0 saturated heterocycles. The van der Waals surface area contributed by atoms with Crippen molar-refractivity contribution in [2.75, 3.05) is 5.32 Å². The van der Waals surface area contributed by atoms with E-state index in [2.05, 4.69) is 30.2 Å². The van der Waals surface area contributed by atoms with E-state index in [-0.39, 0.29) is 5.56 Å². The lowest BCUT2D eigenvalue weighted by Gasteiger charge is -2.13. The van der Waals surface area contributed by atoms with Gasteiger partial charge in [0.1, 0.15) is 11.5 Å². The highest BCUT2D eigenvalue weighted by Crippen LogP contribution is 2.32. The summed E-state index contributed by atoms with van der Waals surface area (Å²) < 4.78 is 1.94. The van der Waals surface area contributed by atoms with Crippen LogP contribution in [0, 0.1) is 13.8 Å². The molecule has 0 bridgehead atoms. The number of benzene rings is 2. The molecule has 0 radical (unpaired) electrons. The lowest BCUT2D eigenvalue weighted by atomic mass is 10.1. The molecule has 0 aliphatic heterocycles. The number of imidazole rings is 1. The van der Waals surface area contributed by atoms with Gasteiger partial charge in [-0.05, 0) is 43.2 Å². The van der Waals surface area contributed by atoms with E-state index in [1.54, 1.807) is 36.7 Å². The number of aromatic nitrogens is 3. The number of anilines is 2. The van der Waals surface area contributed by atoms with Crippen LogP contribution in [-0.2, 0) is 0 Å². The second-order valence-electron chi connectivity index (χ2n) is 6.37. The van der Waals surface area contributed by atoms with E-state index in [1.165, 1.54) is 5.56 Å². The number of aryl methyl sites for hydroxylation is 1. The fourth-order valence-electron chi connectivity index (χ4n) is 3.01. The SMILES string of the molecule is Cc1cccc(Nc2c(-c3ccc(C(=O)O)cc3)nc3cnccn23)c1C. The molecule has 6 heteroatoms. The van der Waals surface area contributed by atoms with Crippen molar-refractivity contribution in [1.29, 1.82) is 0 Å². The van der Waals surface area contributed by atoms with Crippen molar-refractivity contribution in [3.63, 3.8) is 0 Å². The van der Waals surface area contributed by atoms with Gasteiger partial charge in [-0.2, -0.15) is 0 Å². The molecule has 0 unspecified atom stereocenters. The average Bonchev–Trinajstić information content (AvgIpc) is 3.04. The number of carboxylic acid groups (broad SMARTS) is 1. The van der Waals surface area contributed by atoms with Crippen molar-refractivity contribution in [3.8, 4) is 11.3 Å². The lowest BCUT2D eigenvalue weighted by Crippen LogP contribution is -2.00. The molecule has 0 saturated carbocycles. The molecule has 2 N–H and O–H groups in total. The number of fused-ring (bicyclic) bond motifs is 1. The van der Waals surface area contributed by atoms with Crippen molar-refractivity contribution in [2.45, 2.75) is 13.8 Å². The summed E-state index contributed by atoms with van der Waals surface area (Å²) in [7, 11) is 0. The number of hydrogen-bond donors (Lipinski definition) is 2. The molecule has 0 fully saturated rings. The highest BCUT2D eigenvalue weighted by molar-refractivity contribution is 5.89. The van der Waals surface area contributed by atoms with Crippen LogP contribution in [0.1, 0.15) is 21.5 Å². The predicted molar refractivity (Wildman–Crippen MR) is 105 cm³/mol. The molecule has 6 nitrogen and oxygen atoms in total. The van der Waals surface area contributed by atoms with Gasteiger partial charge in [-0.1, -0.05) is 24.3 Å². The number of aromatic carboxylic acids is 1. The second kappa shape index (κ2) is 6.57. The first-order chi connectivity index (χ1) is 13.0. The third kappa shape index (κ3) is 3.01. The zero-order chi connectivity index (χ0) is 19.0. The second-order valence-corrected chi connectivity index (χ2v) is 6.37. The molecular formula is C21H18N4O2. The number of nitrogens with zero attached hydrogens (tertiary/aromatic N) is 3. The standard InChI is InChI=1S/C21H18N4O2/c1-13-4-3-5-17(14(13)2)23-20-19(24-18-12-22-10-11-25(18)20)15-6-8-16(9-7-15)21(26)27/h3-12,23H,1-2H3,(H,26,27). The molecule has 2 heterocycles. The summed E-state index contributed by atoms with van der Waals surface area (Å²) >= 11 is 0. The van der Waals surface area contributed by atoms with E-state index in [9.17, 15) is 4.79 Å². The van der Waals surface area contributed by atoms with Crippen molar-refractivity contribution < 1.29 is 9.90 Å². The quantitative estimate of drug-likeness (QED) is 0.563. The largest absolute Gasteiger partial charge is 0.478 e. The molecule has 2 aromatic heterocycles. The smallest absolute Gasteiger partial charge is 0.335 e. The summed E-state index contributed by atoms with van der Waals surface area (Å²) in [5.74, 6) is -0.140. The Balaban J connectivity index is 1.87. The molecule has 0 aliphatic carbocycles. The Morgan fingerprint density at radius 3 is 2.63 bits per heavy atom. The van der Waals surface area contributed by atoms with Crippen LogP contribution >= 0.6 is 0 Å². The van der Waals surface area contributed by atoms with Gasteiger partial charge < -0.3 is 10.4 Å². The fraction of sp³-hybridized carbons (Fsp3) is 0.0952. The van der Waals surface area contributed by atoms with Gasteiger partial charge in [0.2, 0.25) is 0 Å². The average molecular weight is 358 g/mol. The van der Waals surface area contributed by atoms with Crippen LogP contribution in [-0.4, -0.2) is 25.4 Å². The molecule has 27 heavy (non-hydrogen) atoms. The third-order valence-corrected chi connectivity index (χ3v) is 4.69. The minimum atomic E-state index is -0.950. The zero-order valence-electron chi connectivity index (χ0n) is 15.0. The molecule has 0 atom stereocenters. The molecule has 2 aromatic carbocycles. The van der Waals surface area contributed by atoms with Gasteiger partial charge in [0.15, 0.2) is 5.65 Å². The summed E-state index contributed by atoms with van der Waals surface area (Å²) in [5, 5.41) is 12.6. The first-order valence-corrected chi connectivity index (χ1v) is 8.53. The summed E-state index contributed by atoms with van der Waals surface area (Å²) in [5.41, 5.74) is 5.88. The minimum absolute atomic E-state index is 0.244. The number of nitrogens with one attached hydrogen (secondary N) is 1. The Labute approximate surface area is 156 Å². The number of carboxylic acids is 1. The predicted octanol–water partition coefficient (Wildman–Crippen LogP) is 4.45. The highest BCUT2D eigenvalue weighted by Gasteiger charge is 2.16. The Morgan fingerprint density at radius 2 is 1.89 bits per heavy atom. The lowest BCUT2D eigenvalue weighted by molar-refractivity contribution is 0.0697. The van der Waals surface area contributed by atoms with Crippen LogP contribution in [0.2, 0.25) is 0 Å². The van der Waals surface area contributed by atoms with Crippen LogP contribution in [0.15, 0.2) is 61.1 Å². The van der Waals surface area contributed by atoms with Crippen LogP contribution in [0.5, 0.6) is 0 Å². The van der Waals surface area contributed by atoms with Gasteiger partial charge in [-0.15, -0.1) is 0 Å². The number of hydrogen-bond acceptors (Lipinski definition) is 4. The molecule has 134 valence electrons. The minimum Gasteiger partial charge on any atom is -0.478 e. The summed E-state index contributed by atoms with van der Waals surface area (Å²) in [6.45, 7) is 4.15. The third-order valence-electron chi connectivity index (χ3n) is 4.69. The molecule has 0 aliphatic rings. The normalized spacial score (nSPS) is 10.9. The Kier molecular flexibility index (Phi) is 4.08. The molecule has 0 spiro atoms. The monoisotopic (exact) mass is 358 g/mol. The van der Waals surface area contributed by atoms with Crippen molar-refractivity contribution in [2.24, 2.45) is 0 Å². The van der Waals surface area contributed by atoms with Gasteiger partial charge in [-0.3, -0.25) is 9.38 Å². The van der Waals surface area contributed by atoms with Crippen molar-refractivity contribution >= 4 is 23.1 Å². The van der Waals surface area contributed by atoms with E-state index < -0.39 is 5.97 Å². The van der Waals surface area contributed by atoms with Crippen molar-refractivity contribution in [1.82, 2.24) is 14.4 Å². The van der Waals surface area contributed by atoms with Gasteiger partial charge in [0, 0.05) is 23.6 Å². The van der Waals surface area contributed by atoms with E-state index in [4.69, 9.17) is 10.1 Å². The van der Waals surface area contributed by atoms with Crippen LogP contribution in [0.25, 0.3) is 16.9 Å². The first kappa shape index (κ1) is 16.8. The Hall–Kier alpha value is -3.67. The van der Waals surface area contributed by atoms with E-state index >= 15 is 0 Å². The molecular weight excluding hydrogens is 340 g/mol. The maximum Gasteiger partial charge on any atom is 0.335 e. The summed E-state index contributed by atoms with van der Waals surface area (Å²) in [4.78, 5) is 20.0. The maximum absolute atomic E-state index is 11.1. The van der Waals surface area contributed by atoms with Crippen LogP contribution in [0.3, 0.4) is 0 Å². The summed E-state index contributed by atoms with van der Waals surface area (Å²) in [6.07, 6.45) is 5.26. The van der Waals surface area contributed by atoms with Crippen LogP contribution in [0.4, 0.5) is 11.5 Å².